The quantitative estimate of drug-likeness (QED) is 0.706. The van der Waals surface area contributed by atoms with E-state index in [4.69, 9.17) is 0 Å². The molecule has 3 rings (SSSR count). The van der Waals surface area contributed by atoms with Gasteiger partial charge < -0.3 is 4.90 Å². The highest BCUT2D eigenvalue weighted by Gasteiger charge is 2.26. The lowest BCUT2D eigenvalue weighted by Gasteiger charge is -2.22. The zero-order chi connectivity index (χ0) is 15.9. The molecule has 2 aromatic carbocycles. The van der Waals surface area contributed by atoms with Crippen molar-refractivity contribution in [1.29, 1.82) is 0 Å². The Hall–Kier alpha value is -1.61. The minimum Gasteiger partial charge on any atom is -0.308 e. The van der Waals surface area contributed by atoms with Crippen LogP contribution in [0.4, 0.5) is 5.69 Å². The van der Waals surface area contributed by atoms with Crippen molar-refractivity contribution >= 4 is 27.5 Å². The molecule has 0 radical (unpaired) electrons. The molecule has 2 aromatic rings. The number of carbonyl (C=O) groups is 1. The van der Waals surface area contributed by atoms with Crippen LogP contribution in [0.1, 0.15) is 42.3 Å². The van der Waals surface area contributed by atoms with Gasteiger partial charge in [0.2, 0.25) is 0 Å². The first kappa shape index (κ1) is 15.3. The second kappa shape index (κ2) is 5.54. The fourth-order valence-electron chi connectivity index (χ4n) is 2.96. The van der Waals surface area contributed by atoms with Gasteiger partial charge in [-0.15, -0.1) is 0 Å². The fourth-order valence-corrected chi connectivity index (χ4v) is 3.93. The second-order valence-corrected chi connectivity index (χ2v) is 7.63. The lowest BCUT2D eigenvalue weighted by Crippen LogP contribution is -2.29. The van der Waals surface area contributed by atoms with E-state index in [2.05, 4.69) is 48.8 Å². The Bertz CT molecular complexity index is 730. The minimum absolute atomic E-state index is 0.0562. The molecule has 1 amide bonds. The van der Waals surface area contributed by atoms with Crippen molar-refractivity contribution in [3.63, 3.8) is 0 Å². The van der Waals surface area contributed by atoms with Gasteiger partial charge in [0.15, 0.2) is 0 Å². The Morgan fingerprint density at radius 1 is 1.14 bits per heavy atom. The van der Waals surface area contributed by atoms with E-state index < -0.39 is 0 Å². The molecule has 2 nitrogen and oxygen atoms in total. The molecule has 3 heteroatoms. The number of hydrogen-bond acceptors (Lipinski definition) is 1. The van der Waals surface area contributed by atoms with E-state index in [1.165, 1.54) is 11.1 Å². The molecule has 0 saturated heterocycles. The summed E-state index contributed by atoms with van der Waals surface area (Å²) in [6, 6.07) is 14.1. The van der Waals surface area contributed by atoms with Gasteiger partial charge in [0.1, 0.15) is 0 Å². The molecule has 0 saturated carbocycles. The third-order valence-electron chi connectivity index (χ3n) is 4.16. The van der Waals surface area contributed by atoms with E-state index in [1.807, 2.05) is 35.2 Å². The first-order valence-electron chi connectivity index (χ1n) is 7.58. The van der Waals surface area contributed by atoms with E-state index in [1.54, 1.807) is 0 Å². The molecule has 1 aliphatic heterocycles. The van der Waals surface area contributed by atoms with Crippen LogP contribution in [0.3, 0.4) is 0 Å². The monoisotopic (exact) mass is 357 g/mol. The van der Waals surface area contributed by atoms with Crippen molar-refractivity contribution in [3.05, 3.63) is 63.6 Å². The molecule has 1 aliphatic rings. The van der Waals surface area contributed by atoms with Crippen LogP contribution in [-0.4, -0.2) is 12.5 Å². The number of amides is 1. The molecular formula is C19H20BrNO. The summed E-state index contributed by atoms with van der Waals surface area (Å²) >= 11 is 3.62. The van der Waals surface area contributed by atoms with Gasteiger partial charge in [0.05, 0.1) is 0 Å². The normalized spacial score (nSPS) is 14.1. The molecule has 0 bridgehead atoms. The maximum atomic E-state index is 12.8. The summed E-state index contributed by atoms with van der Waals surface area (Å²) in [7, 11) is 0. The Kier molecular flexibility index (Phi) is 3.85. The molecule has 0 spiro atoms. The zero-order valence-corrected chi connectivity index (χ0v) is 14.8. The summed E-state index contributed by atoms with van der Waals surface area (Å²) in [4.78, 5) is 14.7. The highest BCUT2D eigenvalue weighted by molar-refractivity contribution is 9.10. The van der Waals surface area contributed by atoms with Gasteiger partial charge >= 0.3 is 0 Å². The number of halogens is 1. The number of para-hydroxylation sites is 1. The van der Waals surface area contributed by atoms with Gasteiger partial charge in [-0.1, -0.05) is 61.0 Å². The van der Waals surface area contributed by atoms with Crippen molar-refractivity contribution in [2.75, 3.05) is 11.4 Å². The molecule has 0 aromatic heterocycles. The van der Waals surface area contributed by atoms with Gasteiger partial charge in [-0.25, -0.2) is 0 Å². The molecule has 1 heterocycles. The smallest absolute Gasteiger partial charge is 0.258 e. The van der Waals surface area contributed by atoms with Crippen molar-refractivity contribution in [2.24, 2.45) is 0 Å². The maximum Gasteiger partial charge on any atom is 0.258 e. The van der Waals surface area contributed by atoms with E-state index in [-0.39, 0.29) is 11.3 Å². The molecule has 0 atom stereocenters. The Morgan fingerprint density at radius 3 is 2.55 bits per heavy atom. The van der Waals surface area contributed by atoms with Crippen LogP contribution in [0.5, 0.6) is 0 Å². The summed E-state index contributed by atoms with van der Waals surface area (Å²) in [5.41, 5.74) is 4.30. The summed E-state index contributed by atoms with van der Waals surface area (Å²) < 4.78 is 0.998. The highest BCUT2D eigenvalue weighted by Crippen LogP contribution is 2.32. The van der Waals surface area contributed by atoms with E-state index in [0.29, 0.717) is 0 Å². The van der Waals surface area contributed by atoms with Crippen LogP contribution in [0, 0.1) is 0 Å². The van der Waals surface area contributed by atoms with E-state index in [0.717, 1.165) is 28.7 Å². The molecule has 0 fully saturated rings. The van der Waals surface area contributed by atoms with Gasteiger partial charge in [0, 0.05) is 22.3 Å². The number of carbonyl (C=O) groups excluding carboxylic acids is 1. The number of rotatable bonds is 1. The van der Waals surface area contributed by atoms with Gasteiger partial charge in [-0.05, 0) is 41.2 Å². The van der Waals surface area contributed by atoms with Crippen LogP contribution in [0.2, 0.25) is 0 Å². The summed E-state index contributed by atoms with van der Waals surface area (Å²) in [5, 5.41) is 0. The molecule has 0 aliphatic carbocycles. The third-order valence-corrected chi connectivity index (χ3v) is 4.81. The standard InChI is InChI=1S/C19H20BrNO/c1-19(2,3)15-9-8-14(12-16(15)20)18(22)21-11-10-13-6-4-5-7-17(13)21/h4-9,12H,10-11H2,1-3H3. The van der Waals surface area contributed by atoms with Gasteiger partial charge in [-0.2, -0.15) is 0 Å². The number of nitrogens with zero attached hydrogens (tertiary/aromatic N) is 1. The average Bonchev–Trinajstić information content (AvgIpc) is 2.89. The molecule has 114 valence electrons. The van der Waals surface area contributed by atoms with Crippen LogP contribution in [0.15, 0.2) is 46.9 Å². The van der Waals surface area contributed by atoms with Crippen LogP contribution in [0.25, 0.3) is 0 Å². The largest absolute Gasteiger partial charge is 0.308 e. The minimum atomic E-state index is 0.0562. The summed E-state index contributed by atoms with van der Waals surface area (Å²) in [6.07, 6.45) is 0.934. The third kappa shape index (κ3) is 2.70. The maximum absolute atomic E-state index is 12.8. The zero-order valence-electron chi connectivity index (χ0n) is 13.2. The van der Waals surface area contributed by atoms with Crippen molar-refractivity contribution in [1.82, 2.24) is 0 Å². The fraction of sp³-hybridized carbons (Fsp3) is 0.316. The molecule has 0 N–H and O–H groups in total. The van der Waals surface area contributed by atoms with Crippen LogP contribution in [-0.2, 0) is 11.8 Å². The van der Waals surface area contributed by atoms with Crippen molar-refractivity contribution in [2.45, 2.75) is 32.6 Å². The van der Waals surface area contributed by atoms with Gasteiger partial charge in [-0.3, -0.25) is 4.79 Å². The van der Waals surface area contributed by atoms with Crippen molar-refractivity contribution in [3.8, 4) is 0 Å². The molecule has 22 heavy (non-hydrogen) atoms. The summed E-state index contributed by atoms with van der Waals surface area (Å²) in [5.74, 6) is 0.0751. The van der Waals surface area contributed by atoms with Gasteiger partial charge in [0.25, 0.3) is 5.91 Å². The number of anilines is 1. The topological polar surface area (TPSA) is 20.3 Å². The Balaban J connectivity index is 1.93. The Morgan fingerprint density at radius 2 is 1.86 bits per heavy atom. The summed E-state index contributed by atoms with van der Waals surface area (Å²) in [6.45, 7) is 7.28. The number of benzene rings is 2. The number of hydrogen-bond donors (Lipinski definition) is 0. The second-order valence-electron chi connectivity index (χ2n) is 6.78. The predicted octanol–water partition coefficient (Wildman–Crippen LogP) is 4.95. The number of fused-ring (bicyclic) bond motifs is 1. The lowest BCUT2D eigenvalue weighted by molar-refractivity contribution is 0.0989. The Labute approximate surface area is 140 Å². The SMILES string of the molecule is CC(C)(C)c1ccc(C(=O)N2CCc3ccccc32)cc1Br. The van der Waals surface area contributed by atoms with Crippen LogP contribution >= 0.6 is 15.9 Å². The van der Waals surface area contributed by atoms with Crippen molar-refractivity contribution < 1.29 is 4.79 Å². The van der Waals surface area contributed by atoms with E-state index in [9.17, 15) is 4.79 Å². The first-order chi connectivity index (χ1) is 10.4. The highest BCUT2D eigenvalue weighted by atomic mass is 79.9. The van der Waals surface area contributed by atoms with E-state index >= 15 is 0 Å². The predicted molar refractivity (Wildman–Crippen MR) is 94.7 cm³/mol. The molecule has 0 unspecified atom stereocenters. The average molecular weight is 358 g/mol. The van der Waals surface area contributed by atoms with Crippen LogP contribution < -0.4 is 4.90 Å². The molecular weight excluding hydrogens is 338 g/mol. The lowest BCUT2D eigenvalue weighted by atomic mass is 9.86. The first-order valence-corrected chi connectivity index (χ1v) is 8.37.